The highest BCUT2D eigenvalue weighted by atomic mass is 127. The van der Waals surface area contributed by atoms with Crippen LogP contribution in [0.3, 0.4) is 0 Å². The maximum Gasteiger partial charge on any atom is 0.342 e. The van der Waals surface area contributed by atoms with Crippen molar-refractivity contribution >= 4 is 57.1 Å². The monoisotopic (exact) mass is 621 g/mol. The molecule has 1 fully saturated rings. The maximum atomic E-state index is 12.5. The second kappa shape index (κ2) is 10.1. The van der Waals surface area contributed by atoms with Gasteiger partial charge in [-0.25, -0.2) is 4.79 Å². The Morgan fingerprint density at radius 1 is 1.10 bits per heavy atom. The Bertz CT molecular complexity index is 882. The average Bonchev–Trinajstić information content (AvgIpc) is 2.72. The van der Waals surface area contributed by atoms with Gasteiger partial charge in [-0.3, -0.25) is 4.79 Å². The summed E-state index contributed by atoms with van der Waals surface area (Å²) in [5.41, 5.74) is 0.413. The lowest BCUT2D eigenvalue weighted by molar-refractivity contribution is -0.165. The van der Waals surface area contributed by atoms with Crippen LogP contribution in [0.4, 0.5) is 0 Å². The lowest BCUT2D eigenvalue weighted by atomic mass is 9.85. The Hall–Kier alpha value is -1.40. The van der Waals surface area contributed by atoms with Crippen molar-refractivity contribution in [2.24, 2.45) is 0 Å². The molecule has 1 aliphatic rings. The Morgan fingerprint density at radius 2 is 1.79 bits per heavy atom. The third-order valence-electron chi connectivity index (χ3n) is 4.81. The van der Waals surface area contributed by atoms with E-state index in [0.29, 0.717) is 16.4 Å². The van der Waals surface area contributed by atoms with Gasteiger partial charge in [-0.05, 0) is 76.0 Å². The van der Waals surface area contributed by atoms with Gasteiger partial charge in [-0.2, -0.15) is 0 Å². The van der Waals surface area contributed by atoms with E-state index in [4.69, 9.17) is 9.47 Å². The summed E-state index contributed by atoms with van der Waals surface area (Å²) in [6.45, 7) is 1.42. The van der Waals surface area contributed by atoms with Crippen molar-refractivity contribution in [1.29, 1.82) is 0 Å². The third kappa shape index (κ3) is 5.60. The molecule has 1 aliphatic heterocycles. The Kier molecular flexibility index (Phi) is 7.74. The molecule has 2 N–H and O–H groups in total. The van der Waals surface area contributed by atoms with E-state index in [1.54, 1.807) is 12.1 Å². The first-order valence-corrected chi connectivity index (χ1v) is 11.4. The first-order chi connectivity index (χ1) is 13.9. The van der Waals surface area contributed by atoms with Crippen LogP contribution in [0, 0.1) is 7.14 Å². The quantitative estimate of drug-likeness (QED) is 0.376. The summed E-state index contributed by atoms with van der Waals surface area (Å²) >= 11 is 4.02. The van der Waals surface area contributed by atoms with Gasteiger partial charge in [0.1, 0.15) is 23.5 Å². The number of phenolic OH excluding ortho intramolecular Hbond substituents is 1. The molecule has 1 saturated heterocycles. The molecule has 0 saturated carbocycles. The molecule has 1 heterocycles. The van der Waals surface area contributed by atoms with Gasteiger partial charge in [0, 0.05) is 16.4 Å². The SMILES string of the molecule is O=C(CCOC(=O)c1cc(I)cc(I)c1O)OC1(c2ccccc2)CCNCC1. The minimum atomic E-state index is -0.661. The zero-order valence-corrected chi connectivity index (χ0v) is 19.9. The van der Waals surface area contributed by atoms with Crippen LogP contribution in [-0.4, -0.2) is 36.7 Å². The van der Waals surface area contributed by atoms with E-state index in [-0.39, 0.29) is 24.3 Å². The van der Waals surface area contributed by atoms with Crippen molar-refractivity contribution in [3.63, 3.8) is 0 Å². The molecule has 154 valence electrons. The lowest BCUT2D eigenvalue weighted by Crippen LogP contribution is -2.43. The molecule has 8 heteroatoms. The van der Waals surface area contributed by atoms with E-state index in [1.165, 1.54) is 0 Å². The number of piperidine rings is 1. The van der Waals surface area contributed by atoms with Crippen molar-refractivity contribution in [2.45, 2.75) is 24.9 Å². The molecule has 0 radical (unpaired) electrons. The standard InChI is InChI=1S/C21H21I2NO5/c22-15-12-16(19(26)17(23)13-15)20(27)28-11-6-18(25)29-21(7-9-24-10-8-21)14-4-2-1-3-5-14/h1-5,12-13,24,26H,6-11H2. The minimum absolute atomic E-state index is 0.0461. The summed E-state index contributed by atoms with van der Waals surface area (Å²) in [5.74, 6) is -1.19. The van der Waals surface area contributed by atoms with Crippen LogP contribution in [0.15, 0.2) is 42.5 Å². The van der Waals surface area contributed by atoms with Crippen LogP contribution in [0.1, 0.15) is 35.2 Å². The second-order valence-electron chi connectivity index (χ2n) is 6.75. The summed E-state index contributed by atoms with van der Waals surface area (Å²) in [4.78, 5) is 24.8. The third-order valence-corrected chi connectivity index (χ3v) is 6.25. The van der Waals surface area contributed by atoms with E-state index in [0.717, 1.165) is 22.2 Å². The number of nitrogens with one attached hydrogen (secondary N) is 1. The number of aromatic hydroxyl groups is 1. The number of hydrogen-bond donors (Lipinski definition) is 2. The van der Waals surface area contributed by atoms with Crippen molar-refractivity contribution < 1.29 is 24.2 Å². The van der Waals surface area contributed by atoms with Gasteiger partial charge in [0.15, 0.2) is 0 Å². The van der Waals surface area contributed by atoms with Gasteiger partial charge in [-0.1, -0.05) is 30.3 Å². The van der Waals surface area contributed by atoms with E-state index in [9.17, 15) is 14.7 Å². The molecule has 0 aliphatic carbocycles. The van der Waals surface area contributed by atoms with Crippen LogP contribution in [0.5, 0.6) is 5.75 Å². The molecular formula is C21H21I2NO5. The Labute approximate surface area is 196 Å². The fraction of sp³-hybridized carbons (Fsp3) is 0.333. The molecule has 2 aromatic carbocycles. The number of ether oxygens (including phenoxy) is 2. The summed E-state index contributed by atoms with van der Waals surface area (Å²) in [6.07, 6.45) is 1.34. The molecule has 29 heavy (non-hydrogen) atoms. The van der Waals surface area contributed by atoms with Crippen molar-refractivity contribution in [2.75, 3.05) is 19.7 Å². The van der Waals surface area contributed by atoms with Gasteiger partial charge < -0.3 is 19.9 Å². The van der Waals surface area contributed by atoms with Crippen LogP contribution < -0.4 is 5.32 Å². The average molecular weight is 621 g/mol. The van der Waals surface area contributed by atoms with Crippen LogP contribution in [0.25, 0.3) is 0 Å². The normalized spacial score (nSPS) is 15.5. The smallest absolute Gasteiger partial charge is 0.342 e. The van der Waals surface area contributed by atoms with Crippen molar-refractivity contribution in [1.82, 2.24) is 5.32 Å². The zero-order chi connectivity index (χ0) is 20.9. The van der Waals surface area contributed by atoms with Crippen LogP contribution >= 0.6 is 45.2 Å². The van der Waals surface area contributed by atoms with Crippen LogP contribution in [-0.2, 0) is 19.9 Å². The summed E-state index contributed by atoms with van der Waals surface area (Å²) in [6, 6.07) is 13.1. The van der Waals surface area contributed by atoms with E-state index < -0.39 is 17.5 Å². The second-order valence-corrected chi connectivity index (χ2v) is 9.16. The Morgan fingerprint density at radius 3 is 2.48 bits per heavy atom. The molecule has 0 aromatic heterocycles. The van der Waals surface area contributed by atoms with Gasteiger partial charge in [0.2, 0.25) is 0 Å². The highest BCUT2D eigenvalue weighted by Gasteiger charge is 2.37. The number of carbonyl (C=O) groups is 2. The highest BCUT2D eigenvalue weighted by Crippen LogP contribution is 2.35. The van der Waals surface area contributed by atoms with E-state index in [2.05, 4.69) is 27.9 Å². The highest BCUT2D eigenvalue weighted by molar-refractivity contribution is 14.1. The number of phenols is 1. The summed E-state index contributed by atoms with van der Waals surface area (Å²) < 4.78 is 12.5. The number of hydrogen-bond acceptors (Lipinski definition) is 6. The minimum Gasteiger partial charge on any atom is -0.506 e. The first kappa shape index (κ1) is 22.3. The summed E-state index contributed by atoms with van der Waals surface area (Å²) in [5, 5.41) is 13.4. The molecule has 0 amide bonds. The fourth-order valence-corrected chi connectivity index (χ4v) is 5.16. The number of halogens is 2. The maximum absolute atomic E-state index is 12.5. The Balaban J connectivity index is 1.60. The molecule has 2 aromatic rings. The number of carbonyl (C=O) groups excluding carboxylic acids is 2. The fourth-order valence-electron chi connectivity index (χ4n) is 3.32. The zero-order valence-electron chi connectivity index (χ0n) is 15.6. The van der Waals surface area contributed by atoms with Crippen LogP contribution in [0.2, 0.25) is 0 Å². The van der Waals surface area contributed by atoms with Crippen molar-refractivity contribution in [3.05, 3.63) is 60.7 Å². The van der Waals surface area contributed by atoms with Gasteiger partial charge in [0.05, 0.1) is 9.99 Å². The molecule has 0 bridgehead atoms. The number of esters is 2. The number of benzene rings is 2. The lowest BCUT2D eigenvalue weighted by Gasteiger charge is -2.37. The molecule has 0 spiro atoms. The van der Waals surface area contributed by atoms with Crippen molar-refractivity contribution in [3.8, 4) is 5.75 Å². The topological polar surface area (TPSA) is 84.9 Å². The van der Waals surface area contributed by atoms with E-state index in [1.807, 2.05) is 52.9 Å². The van der Waals surface area contributed by atoms with Gasteiger partial charge in [-0.15, -0.1) is 0 Å². The predicted molar refractivity (Wildman–Crippen MR) is 125 cm³/mol. The first-order valence-electron chi connectivity index (χ1n) is 9.24. The molecule has 0 atom stereocenters. The molecule has 3 rings (SSSR count). The number of rotatable bonds is 6. The predicted octanol–water partition coefficient (Wildman–Crippen LogP) is 3.97. The largest absolute Gasteiger partial charge is 0.506 e. The van der Waals surface area contributed by atoms with Gasteiger partial charge >= 0.3 is 11.9 Å². The van der Waals surface area contributed by atoms with E-state index >= 15 is 0 Å². The molecular weight excluding hydrogens is 600 g/mol. The molecule has 6 nitrogen and oxygen atoms in total. The summed E-state index contributed by atoms with van der Waals surface area (Å²) in [7, 11) is 0. The van der Waals surface area contributed by atoms with Gasteiger partial charge in [0.25, 0.3) is 0 Å². The molecule has 0 unspecified atom stereocenters.